The van der Waals surface area contributed by atoms with Gasteiger partial charge in [0, 0.05) is 12.8 Å². The minimum atomic E-state index is -0.846. The molecule has 2 atom stereocenters. The average molecular weight is 975 g/mol. The molecule has 2 unspecified atom stereocenters. The highest BCUT2D eigenvalue weighted by Gasteiger charge is 2.18. The third-order valence-electron chi connectivity index (χ3n) is 14.8. The van der Waals surface area contributed by atoms with Crippen LogP contribution in [-0.4, -0.2) is 47.4 Å². The van der Waals surface area contributed by atoms with E-state index in [2.05, 4.69) is 19.2 Å². The Morgan fingerprint density at radius 2 is 0.667 bits per heavy atom. The van der Waals surface area contributed by atoms with Gasteiger partial charge in [0.15, 0.2) is 0 Å². The highest BCUT2D eigenvalue weighted by Crippen LogP contribution is 2.18. The number of rotatable bonds is 59. The minimum Gasteiger partial charge on any atom is -0.466 e. The van der Waals surface area contributed by atoms with Crippen molar-refractivity contribution in [3.63, 3.8) is 0 Å². The third kappa shape index (κ3) is 55.8. The van der Waals surface area contributed by atoms with E-state index < -0.39 is 12.1 Å². The SMILES string of the molecule is CCCCCCCCCCCCCCCCCC/C=C/C(O)C(CO)NC(=O)CCCCCCCCCCCCCCCCCCCCCOC(=O)CCCCCCCCCCCCCCCCC. The van der Waals surface area contributed by atoms with Gasteiger partial charge < -0.3 is 20.3 Å². The first kappa shape index (κ1) is 67.6. The summed E-state index contributed by atoms with van der Waals surface area (Å²) in [6, 6.07) is -0.629. The average Bonchev–Trinajstić information content (AvgIpc) is 3.35. The van der Waals surface area contributed by atoms with E-state index in [1.807, 2.05) is 6.08 Å². The van der Waals surface area contributed by atoms with Gasteiger partial charge in [0.25, 0.3) is 0 Å². The minimum absolute atomic E-state index is 0.0120. The summed E-state index contributed by atoms with van der Waals surface area (Å²) >= 11 is 0. The van der Waals surface area contributed by atoms with Gasteiger partial charge in [-0.25, -0.2) is 0 Å². The van der Waals surface area contributed by atoms with E-state index in [1.165, 1.54) is 289 Å². The molecule has 3 N–H and O–H groups in total. The predicted molar refractivity (Wildman–Crippen MR) is 301 cm³/mol. The topological polar surface area (TPSA) is 95.9 Å². The van der Waals surface area contributed by atoms with Crippen molar-refractivity contribution in [2.24, 2.45) is 0 Å². The van der Waals surface area contributed by atoms with Crippen molar-refractivity contribution in [2.75, 3.05) is 13.2 Å². The van der Waals surface area contributed by atoms with Crippen LogP contribution in [0.4, 0.5) is 0 Å². The Kier molecular flexibility index (Phi) is 58.0. The van der Waals surface area contributed by atoms with Crippen molar-refractivity contribution in [2.45, 2.75) is 366 Å². The summed E-state index contributed by atoms with van der Waals surface area (Å²) in [5.74, 6) is -0.0555. The number of esters is 1. The molecule has 0 spiro atoms. The van der Waals surface area contributed by atoms with E-state index in [-0.39, 0.29) is 18.5 Å². The Morgan fingerprint density at radius 1 is 0.391 bits per heavy atom. The normalized spacial score (nSPS) is 12.6. The van der Waals surface area contributed by atoms with Crippen molar-refractivity contribution in [1.29, 1.82) is 0 Å². The third-order valence-corrected chi connectivity index (χ3v) is 14.8. The van der Waals surface area contributed by atoms with Crippen LogP contribution in [0.2, 0.25) is 0 Å². The van der Waals surface area contributed by atoms with E-state index in [9.17, 15) is 19.8 Å². The second kappa shape index (κ2) is 59.2. The number of nitrogens with one attached hydrogen (secondary N) is 1. The fraction of sp³-hybridized carbons (Fsp3) is 0.937. The molecule has 0 heterocycles. The number of allylic oxidation sites excluding steroid dienone is 1. The van der Waals surface area contributed by atoms with Crippen LogP contribution < -0.4 is 5.32 Å². The summed E-state index contributed by atoms with van der Waals surface area (Å²) in [5, 5.41) is 23.2. The zero-order valence-corrected chi connectivity index (χ0v) is 46.8. The van der Waals surface area contributed by atoms with Crippen LogP contribution >= 0.6 is 0 Å². The van der Waals surface area contributed by atoms with Gasteiger partial charge in [-0.1, -0.05) is 321 Å². The number of hydrogen-bond acceptors (Lipinski definition) is 5. The van der Waals surface area contributed by atoms with Crippen molar-refractivity contribution in [1.82, 2.24) is 5.32 Å². The van der Waals surface area contributed by atoms with Gasteiger partial charge in [-0.2, -0.15) is 0 Å². The maximum absolute atomic E-state index is 12.5. The summed E-state index contributed by atoms with van der Waals surface area (Å²) in [7, 11) is 0. The molecule has 6 heteroatoms. The molecule has 0 aromatic heterocycles. The van der Waals surface area contributed by atoms with E-state index >= 15 is 0 Å². The van der Waals surface area contributed by atoms with Crippen molar-refractivity contribution in [3.05, 3.63) is 12.2 Å². The van der Waals surface area contributed by atoms with Gasteiger partial charge in [0.1, 0.15) is 0 Å². The second-order valence-corrected chi connectivity index (χ2v) is 21.8. The molecule has 0 aliphatic rings. The molecule has 0 rings (SSSR count). The summed E-state index contributed by atoms with van der Waals surface area (Å²) < 4.78 is 5.49. The van der Waals surface area contributed by atoms with Gasteiger partial charge in [0.2, 0.25) is 5.91 Å². The standard InChI is InChI=1S/C63H123NO5/c1-3-5-7-9-11-13-15-17-19-20-24-28-31-35-39-43-47-51-55-61(66)60(59-65)64-62(67)56-52-48-44-40-36-32-29-25-22-21-23-26-30-34-38-42-46-50-54-58-69-63(68)57-53-49-45-41-37-33-27-18-16-14-12-10-8-6-4-2/h51,55,60-61,65-66H,3-50,52-54,56-59H2,1-2H3,(H,64,67)/b55-51+. The van der Waals surface area contributed by atoms with Crippen molar-refractivity contribution < 1.29 is 24.5 Å². The number of aliphatic hydroxyl groups is 2. The zero-order valence-electron chi connectivity index (χ0n) is 46.8. The van der Waals surface area contributed by atoms with Gasteiger partial charge in [-0.15, -0.1) is 0 Å². The Balaban J connectivity index is 3.41. The zero-order chi connectivity index (χ0) is 50.0. The predicted octanol–water partition coefficient (Wildman–Crippen LogP) is 19.6. The quantitative estimate of drug-likeness (QED) is 0.0321. The van der Waals surface area contributed by atoms with Gasteiger partial charge in [-0.3, -0.25) is 9.59 Å². The number of unbranched alkanes of at least 4 members (excludes halogenated alkanes) is 48. The van der Waals surface area contributed by atoms with Crippen LogP contribution in [0.15, 0.2) is 12.2 Å². The van der Waals surface area contributed by atoms with Gasteiger partial charge >= 0.3 is 5.97 Å². The summed E-state index contributed by atoms with van der Waals surface area (Å²) in [6.07, 6.45) is 71.0. The Labute approximate surface area is 431 Å². The number of aliphatic hydroxyl groups excluding tert-OH is 2. The van der Waals surface area contributed by atoms with Crippen molar-refractivity contribution in [3.8, 4) is 0 Å². The maximum Gasteiger partial charge on any atom is 0.305 e. The molecule has 0 fully saturated rings. The largest absolute Gasteiger partial charge is 0.466 e. The van der Waals surface area contributed by atoms with E-state index in [0.29, 0.717) is 19.4 Å². The number of amides is 1. The van der Waals surface area contributed by atoms with E-state index in [0.717, 1.165) is 38.5 Å². The Bertz CT molecular complexity index is 1030. The van der Waals surface area contributed by atoms with Crippen LogP contribution in [0.3, 0.4) is 0 Å². The number of ether oxygens (including phenoxy) is 1. The van der Waals surface area contributed by atoms with E-state index in [4.69, 9.17) is 4.74 Å². The molecule has 0 aliphatic carbocycles. The molecular formula is C63H123NO5. The van der Waals surface area contributed by atoms with Crippen LogP contribution in [-0.2, 0) is 14.3 Å². The van der Waals surface area contributed by atoms with Crippen LogP contribution in [0.25, 0.3) is 0 Å². The molecule has 0 aromatic carbocycles. The fourth-order valence-corrected chi connectivity index (χ4v) is 9.99. The molecule has 410 valence electrons. The first-order valence-corrected chi connectivity index (χ1v) is 31.5. The lowest BCUT2D eigenvalue weighted by atomic mass is 10.0. The van der Waals surface area contributed by atoms with Gasteiger partial charge in [-0.05, 0) is 32.1 Å². The van der Waals surface area contributed by atoms with E-state index in [1.54, 1.807) is 6.08 Å². The molecule has 1 amide bonds. The maximum atomic E-state index is 12.5. The number of carbonyl (C=O) groups is 2. The second-order valence-electron chi connectivity index (χ2n) is 21.8. The fourth-order valence-electron chi connectivity index (χ4n) is 9.99. The van der Waals surface area contributed by atoms with Crippen LogP contribution in [0.1, 0.15) is 354 Å². The summed E-state index contributed by atoms with van der Waals surface area (Å²) in [4.78, 5) is 24.6. The molecule has 69 heavy (non-hydrogen) atoms. The lowest BCUT2D eigenvalue weighted by molar-refractivity contribution is -0.143. The Morgan fingerprint density at radius 3 is 0.986 bits per heavy atom. The number of carbonyl (C=O) groups excluding carboxylic acids is 2. The molecule has 6 nitrogen and oxygen atoms in total. The monoisotopic (exact) mass is 974 g/mol. The molecule has 0 aliphatic heterocycles. The first-order chi connectivity index (χ1) is 34.0. The van der Waals surface area contributed by atoms with Crippen LogP contribution in [0.5, 0.6) is 0 Å². The molecular weight excluding hydrogens is 851 g/mol. The molecule has 0 saturated carbocycles. The molecule has 0 bridgehead atoms. The Hall–Kier alpha value is -1.40. The smallest absolute Gasteiger partial charge is 0.305 e. The molecule has 0 radical (unpaired) electrons. The molecule has 0 aromatic rings. The molecule has 0 saturated heterocycles. The highest BCUT2D eigenvalue weighted by molar-refractivity contribution is 5.76. The lowest BCUT2D eigenvalue weighted by Crippen LogP contribution is -2.45. The van der Waals surface area contributed by atoms with Crippen LogP contribution in [0, 0.1) is 0 Å². The summed E-state index contributed by atoms with van der Waals surface area (Å²) in [6.45, 7) is 4.93. The van der Waals surface area contributed by atoms with Gasteiger partial charge in [0.05, 0.1) is 25.4 Å². The summed E-state index contributed by atoms with van der Waals surface area (Å²) in [5.41, 5.74) is 0. The number of hydrogen-bond donors (Lipinski definition) is 3. The lowest BCUT2D eigenvalue weighted by Gasteiger charge is -2.20. The van der Waals surface area contributed by atoms with Crippen molar-refractivity contribution >= 4 is 11.9 Å². The highest BCUT2D eigenvalue weighted by atomic mass is 16.5. The first-order valence-electron chi connectivity index (χ1n) is 31.5.